The van der Waals surface area contributed by atoms with Crippen LogP contribution in [-0.4, -0.2) is 36.2 Å². The fourth-order valence-corrected chi connectivity index (χ4v) is 2.68. The van der Waals surface area contributed by atoms with Gasteiger partial charge in [-0.05, 0) is 80.2 Å². The molecule has 0 saturated heterocycles. The predicted octanol–water partition coefficient (Wildman–Crippen LogP) is 4.83. The fraction of sp³-hybridized carbons (Fsp3) is 0.562. The van der Waals surface area contributed by atoms with Gasteiger partial charge in [0.15, 0.2) is 0 Å². The van der Waals surface area contributed by atoms with Crippen molar-refractivity contribution in [2.75, 3.05) is 19.6 Å². The average molecular weight is 407 g/mol. The molecule has 23 heavy (non-hydrogen) atoms. The number of nitrogens with one attached hydrogen (secondary N) is 1. The molecule has 0 aliphatic rings. The van der Waals surface area contributed by atoms with E-state index < -0.39 is 5.60 Å². The van der Waals surface area contributed by atoms with E-state index in [1.165, 1.54) is 18.0 Å². The molecule has 0 aromatic heterocycles. The van der Waals surface area contributed by atoms with Gasteiger partial charge >= 0.3 is 6.09 Å². The van der Waals surface area contributed by atoms with E-state index in [2.05, 4.69) is 20.7 Å². The summed E-state index contributed by atoms with van der Waals surface area (Å²) in [5, 5.41) is 0. The monoisotopic (exact) mass is 406 g/mol. The smallest absolute Gasteiger partial charge is 0.410 e. The van der Waals surface area contributed by atoms with Gasteiger partial charge in [0.25, 0.3) is 0 Å². The number of hydrogen-bond acceptors (Lipinski definition) is 4. The Morgan fingerprint density at radius 3 is 2.70 bits per heavy atom. The molecule has 7 heteroatoms. The number of nitrogens with zero attached hydrogens (tertiary/aromatic N) is 1. The second-order valence-corrected chi connectivity index (χ2v) is 7.80. The third-order valence-corrected chi connectivity index (χ3v) is 4.30. The van der Waals surface area contributed by atoms with Gasteiger partial charge in [-0.15, -0.1) is 0 Å². The molecule has 1 aromatic carbocycles. The zero-order valence-electron chi connectivity index (χ0n) is 14.0. The maximum absolute atomic E-state index is 13.4. The van der Waals surface area contributed by atoms with E-state index in [9.17, 15) is 9.18 Å². The van der Waals surface area contributed by atoms with Crippen LogP contribution >= 0.6 is 27.9 Å². The number of carbonyl (C=O) groups is 1. The number of hydrogen-bond donors (Lipinski definition) is 1. The van der Waals surface area contributed by atoms with E-state index in [1.54, 1.807) is 11.0 Å². The minimum atomic E-state index is -0.482. The molecule has 0 fully saturated rings. The normalized spacial score (nSPS) is 11.4. The van der Waals surface area contributed by atoms with Crippen molar-refractivity contribution in [1.29, 1.82) is 0 Å². The first kappa shape index (κ1) is 20.3. The largest absolute Gasteiger partial charge is 0.444 e. The third kappa shape index (κ3) is 8.04. The van der Waals surface area contributed by atoms with Crippen LogP contribution in [-0.2, 0) is 4.74 Å². The first-order chi connectivity index (χ1) is 10.7. The lowest BCUT2D eigenvalue weighted by atomic mass is 10.2. The van der Waals surface area contributed by atoms with Crippen LogP contribution < -0.4 is 4.72 Å². The van der Waals surface area contributed by atoms with E-state index in [4.69, 9.17) is 4.74 Å². The zero-order valence-corrected chi connectivity index (χ0v) is 16.4. The third-order valence-electron chi connectivity index (χ3n) is 2.82. The molecule has 0 aliphatic heterocycles. The molecule has 4 nitrogen and oxygen atoms in total. The van der Waals surface area contributed by atoms with E-state index in [0.717, 1.165) is 11.3 Å². The van der Waals surface area contributed by atoms with Crippen molar-refractivity contribution in [3.05, 3.63) is 28.5 Å². The molecule has 0 unspecified atom stereocenters. The van der Waals surface area contributed by atoms with Crippen LogP contribution in [0.15, 0.2) is 27.6 Å². The highest BCUT2D eigenvalue weighted by Crippen LogP contribution is 2.21. The van der Waals surface area contributed by atoms with Gasteiger partial charge in [-0.1, -0.05) is 0 Å². The summed E-state index contributed by atoms with van der Waals surface area (Å²) in [7, 11) is 0. The lowest BCUT2D eigenvalue weighted by molar-refractivity contribution is 0.0259. The Morgan fingerprint density at radius 1 is 1.43 bits per heavy atom. The number of ether oxygens (including phenoxy) is 1. The van der Waals surface area contributed by atoms with Crippen molar-refractivity contribution in [3.63, 3.8) is 0 Å². The van der Waals surface area contributed by atoms with E-state index >= 15 is 0 Å². The van der Waals surface area contributed by atoms with Gasteiger partial charge < -0.3 is 9.64 Å². The van der Waals surface area contributed by atoms with Crippen molar-refractivity contribution >= 4 is 34.0 Å². The predicted molar refractivity (Wildman–Crippen MR) is 96.1 cm³/mol. The Hall–Kier alpha value is -0.790. The van der Waals surface area contributed by atoms with Gasteiger partial charge in [0.2, 0.25) is 0 Å². The maximum atomic E-state index is 13.4. The summed E-state index contributed by atoms with van der Waals surface area (Å²) in [6.07, 6.45) is 0.502. The van der Waals surface area contributed by atoms with Crippen LogP contribution in [0.3, 0.4) is 0 Å². The number of benzene rings is 1. The maximum Gasteiger partial charge on any atom is 0.410 e. The van der Waals surface area contributed by atoms with Crippen molar-refractivity contribution in [3.8, 4) is 0 Å². The minimum absolute atomic E-state index is 0.279. The molecule has 1 rings (SSSR count). The highest BCUT2D eigenvalue weighted by molar-refractivity contribution is 9.10. The Morgan fingerprint density at radius 2 is 2.13 bits per heavy atom. The molecule has 1 amide bonds. The molecule has 0 aliphatic carbocycles. The second kappa shape index (κ2) is 9.49. The summed E-state index contributed by atoms with van der Waals surface area (Å²) in [4.78, 5) is 14.5. The summed E-state index contributed by atoms with van der Waals surface area (Å²) in [5.41, 5.74) is -0.482. The van der Waals surface area contributed by atoms with E-state index in [1.807, 2.05) is 33.8 Å². The molecule has 1 N–H and O–H groups in total. The molecule has 0 heterocycles. The first-order valence-corrected chi connectivity index (χ1v) is 9.16. The molecule has 1 aromatic rings. The molecular weight excluding hydrogens is 383 g/mol. The molecule has 0 spiro atoms. The quantitative estimate of drug-likeness (QED) is 0.519. The molecule has 0 bridgehead atoms. The number of amides is 1. The van der Waals surface area contributed by atoms with Crippen molar-refractivity contribution in [1.82, 2.24) is 9.62 Å². The number of halogens is 2. The van der Waals surface area contributed by atoms with Gasteiger partial charge in [-0.25, -0.2) is 9.18 Å². The SMILES string of the molecule is CCN(CCCNSc1ccc(Br)c(F)c1)C(=O)OC(C)(C)C. The molecule has 0 saturated carbocycles. The summed E-state index contributed by atoms with van der Waals surface area (Å²) in [5.74, 6) is -0.279. The van der Waals surface area contributed by atoms with Crippen LogP contribution in [0.25, 0.3) is 0 Å². The molecule has 0 atom stereocenters. The second-order valence-electron chi connectivity index (χ2n) is 5.99. The Bertz CT molecular complexity index is 523. The fourth-order valence-electron chi connectivity index (χ4n) is 1.72. The van der Waals surface area contributed by atoms with Crippen molar-refractivity contribution < 1.29 is 13.9 Å². The van der Waals surface area contributed by atoms with E-state index in [-0.39, 0.29) is 11.9 Å². The molecular formula is C16H24BrFN2O2S. The van der Waals surface area contributed by atoms with Gasteiger partial charge in [0.05, 0.1) is 4.47 Å². The number of carbonyl (C=O) groups excluding carboxylic acids is 1. The Labute approximate surface area is 150 Å². The van der Waals surface area contributed by atoms with Gasteiger partial charge in [-0.2, -0.15) is 0 Å². The van der Waals surface area contributed by atoms with Crippen LogP contribution in [0.5, 0.6) is 0 Å². The van der Waals surface area contributed by atoms with Gasteiger partial charge in [-0.3, -0.25) is 4.72 Å². The number of rotatable bonds is 7. The lowest BCUT2D eigenvalue weighted by Gasteiger charge is -2.26. The van der Waals surface area contributed by atoms with Crippen LogP contribution in [0.4, 0.5) is 9.18 Å². The van der Waals surface area contributed by atoms with E-state index in [0.29, 0.717) is 24.1 Å². The Balaban J connectivity index is 2.29. The standard InChI is InChI=1S/C16H24BrFN2O2S/c1-5-20(15(21)22-16(2,3)4)10-6-9-19-23-12-7-8-13(17)14(18)11-12/h7-8,11,19H,5-6,9-10H2,1-4H3. The van der Waals surface area contributed by atoms with Crippen molar-refractivity contribution in [2.24, 2.45) is 0 Å². The van der Waals surface area contributed by atoms with Crippen molar-refractivity contribution in [2.45, 2.75) is 44.6 Å². The summed E-state index contributed by atoms with van der Waals surface area (Å²) >= 11 is 4.50. The van der Waals surface area contributed by atoms with Gasteiger partial charge in [0.1, 0.15) is 11.4 Å². The first-order valence-electron chi connectivity index (χ1n) is 7.55. The van der Waals surface area contributed by atoms with Crippen LogP contribution in [0.2, 0.25) is 0 Å². The Kier molecular flexibility index (Phi) is 8.36. The highest BCUT2D eigenvalue weighted by Gasteiger charge is 2.20. The van der Waals surface area contributed by atoms with Gasteiger partial charge in [0, 0.05) is 24.5 Å². The summed E-state index contributed by atoms with van der Waals surface area (Å²) in [6, 6.07) is 4.99. The molecule has 0 radical (unpaired) electrons. The van der Waals surface area contributed by atoms with Crippen LogP contribution in [0.1, 0.15) is 34.1 Å². The average Bonchev–Trinajstić information content (AvgIpc) is 2.44. The topological polar surface area (TPSA) is 41.6 Å². The minimum Gasteiger partial charge on any atom is -0.444 e. The summed E-state index contributed by atoms with van der Waals surface area (Å²) in [6.45, 7) is 9.43. The van der Waals surface area contributed by atoms with Crippen LogP contribution in [0, 0.1) is 5.82 Å². The summed E-state index contributed by atoms with van der Waals surface area (Å²) < 4.78 is 22.4. The molecule has 130 valence electrons. The highest BCUT2D eigenvalue weighted by atomic mass is 79.9. The zero-order chi connectivity index (χ0) is 17.5. The lowest BCUT2D eigenvalue weighted by Crippen LogP contribution is -2.37.